The van der Waals surface area contributed by atoms with Gasteiger partial charge in [-0.2, -0.15) is 0 Å². The number of carbonyl (C=O) groups is 2. The molecule has 0 saturated heterocycles. The van der Waals surface area contributed by atoms with Crippen molar-refractivity contribution in [3.05, 3.63) is 50.7 Å². The average Bonchev–Trinajstić information content (AvgIpc) is 3.31. The maximum atomic E-state index is 12.3. The predicted molar refractivity (Wildman–Crippen MR) is 105 cm³/mol. The molecule has 2 heterocycles. The Bertz CT molecular complexity index is 981. The normalized spacial score (nSPS) is 10.5. The summed E-state index contributed by atoms with van der Waals surface area (Å²) >= 11 is 2.45. The summed E-state index contributed by atoms with van der Waals surface area (Å²) in [6, 6.07) is 8.91. The minimum absolute atomic E-state index is 0.0628. The molecule has 1 amide bonds. The highest BCUT2D eigenvalue weighted by Crippen LogP contribution is 2.29. The van der Waals surface area contributed by atoms with Crippen molar-refractivity contribution in [1.29, 1.82) is 0 Å². The zero-order valence-electron chi connectivity index (χ0n) is 14.9. The van der Waals surface area contributed by atoms with Crippen molar-refractivity contribution in [2.45, 2.75) is 13.3 Å². The molecule has 27 heavy (non-hydrogen) atoms. The Balaban J connectivity index is 1.67. The number of thiophene rings is 1. The van der Waals surface area contributed by atoms with E-state index in [4.69, 9.17) is 9.47 Å². The number of hydrogen-bond donors (Lipinski definition) is 1. The molecule has 0 spiro atoms. The molecule has 9 heteroatoms. The number of aromatic nitrogens is 2. The van der Waals surface area contributed by atoms with Gasteiger partial charge in [-0.3, -0.25) is 14.9 Å². The zero-order valence-corrected chi connectivity index (χ0v) is 16.6. The van der Waals surface area contributed by atoms with Crippen LogP contribution < -0.4 is 14.8 Å². The van der Waals surface area contributed by atoms with E-state index in [1.807, 2.05) is 18.2 Å². The standard InChI is InChI=1S/C18H17N3O4S2/c1-10(22)14-6-7-15(26-14)17(23)19-18-21-20-16(27-18)9-11-4-5-12(24-2)13(8-11)25-3/h4-8H,9H2,1-3H3,(H,19,21,23). The molecule has 7 nitrogen and oxygen atoms in total. The van der Waals surface area contributed by atoms with E-state index in [1.165, 1.54) is 18.3 Å². The topological polar surface area (TPSA) is 90.4 Å². The monoisotopic (exact) mass is 403 g/mol. The van der Waals surface area contributed by atoms with Gasteiger partial charge < -0.3 is 9.47 Å². The number of rotatable bonds is 7. The largest absolute Gasteiger partial charge is 0.493 e. The molecule has 0 unspecified atom stereocenters. The number of methoxy groups -OCH3 is 2. The van der Waals surface area contributed by atoms with E-state index in [1.54, 1.807) is 26.4 Å². The summed E-state index contributed by atoms with van der Waals surface area (Å²) in [5.74, 6) is 0.938. The number of ketones is 1. The molecule has 0 aliphatic rings. The van der Waals surface area contributed by atoms with E-state index in [0.717, 1.165) is 21.9 Å². The van der Waals surface area contributed by atoms with Gasteiger partial charge in [-0.25, -0.2) is 0 Å². The summed E-state index contributed by atoms with van der Waals surface area (Å²) in [4.78, 5) is 24.6. The van der Waals surface area contributed by atoms with Crippen molar-refractivity contribution < 1.29 is 19.1 Å². The molecular weight excluding hydrogens is 386 g/mol. The minimum atomic E-state index is -0.304. The minimum Gasteiger partial charge on any atom is -0.493 e. The molecule has 140 valence electrons. The number of nitrogens with one attached hydrogen (secondary N) is 1. The highest BCUT2D eigenvalue weighted by molar-refractivity contribution is 7.17. The maximum absolute atomic E-state index is 12.3. The maximum Gasteiger partial charge on any atom is 0.267 e. The number of nitrogens with zero attached hydrogens (tertiary/aromatic N) is 2. The molecule has 0 aliphatic heterocycles. The number of Topliss-reactive ketones (excluding diaryl/α,β-unsaturated/α-hetero) is 1. The molecule has 0 bridgehead atoms. The SMILES string of the molecule is COc1ccc(Cc2nnc(NC(=O)c3ccc(C(C)=O)s3)s2)cc1OC. The smallest absolute Gasteiger partial charge is 0.267 e. The van der Waals surface area contributed by atoms with Crippen LogP contribution in [0.1, 0.15) is 36.8 Å². The van der Waals surface area contributed by atoms with Gasteiger partial charge in [0, 0.05) is 6.42 Å². The van der Waals surface area contributed by atoms with E-state index in [2.05, 4.69) is 15.5 Å². The second kappa shape index (κ2) is 8.28. The molecule has 0 saturated carbocycles. The van der Waals surface area contributed by atoms with Gasteiger partial charge in [0.2, 0.25) is 5.13 Å². The van der Waals surface area contributed by atoms with Gasteiger partial charge in [0.1, 0.15) is 5.01 Å². The molecule has 2 aromatic heterocycles. The highest BCUT2D eigenvalue weighted by Gasteiger charge is 2.14. The van der Waals surface area contributed by atoms with Crippen molar-refractivity contribution in [1.82, 2.24) is 10.2 Å². The first-order valence-corrected chi connectivity index (χ1v) is 9.59. The molecule has 0 aliphatic carbocycles. The first-order valence-electron chi connectivity index (χ1n) is 7.95. The van der Waals surface area contributed by atoms with Crippen LogP contribution in [-0.4, -0.2) is 36.1 Å². The molecule has 0 atom stereocenters. The van der Waals surface area contributed by atoms with Crippen LogP contribution in [0.25, 0.3) is 0 Å². The fourth-order valence-corrected chi connectivity index (χ4v) is 3.91. The molecule has 1 aromatic carbocycles. The first kappa shape index (κ1) is 19.0. The number of anilines is 1. The fourth-order valence-electron chi connectivity index (χ4n) is 2.35. The number of hydrogen-bond acceptors (Lipinski definition) is 8. The molecule has 0 fully saturated rings. The van der Waals surface area contributed by atoms with Crippen LogP contribution in [0, 0.1) is 0 Å². The van der Waals surface area contributed by atoms with E-state index < -0.39 is 0 Å². The Morgan fingerprint density at radius 2 is 1.74 bits per heavy atom. The van der Waals surface area contributed by atoms with Gasteiger partial charge in [-0.15, -0.1) is 21.5 Å². The van der Waals surface area contributed by atoms with Crippen LogP contribution in [0.3, 0.4) is 0 Å². The lowest BCUT2D eigenvalue weighted by Gasteiger charge is -2.08. The lowest BCUT2D eigenvalue weighted by Crippen LogP contribution is -2.09. The van der Waals surface area contributed by atoms with Gasteiger partial charge in [0.05, 0.1) is 24.0 Å². The number of ether oxygens (including phenoxy) is 2. The van der Waals surface area contributed by atoms with Crippen LogP contribution in [-0.2, 0) is 6.42 Å². The van der Waals surface area contributed by atoms with E-state index in [-0.39, 0.29) is 11.7 Å². The Labute approximate surface area is 164 Å². The van der Waals surface area contributed by atoms with Gasteiger partial charge in [-0.1, -0.05) is 17.4 Å². The van der Waals surface area contributed by atoms with Crippen LogP contribution >= 0.6 is 22.7 Å². The van der Waals surface area contributed by atoms with E-state index in [0.29, 0.717) is 32.8 Å². The van der Waals surface area contributed by atoms with Gasteiger partial charge >= 0.3 is 0 Å². The third kappa shape index (κ3) is 4.50. The predicted octanol–water partition coefficient (Wildman–Crippen LogP) is 3.66. The Morgan fingerprint density at radius 1 is 1.00 bits per heavy atom. The molecular formula is C18H17N3O4S2. The Morgan fingerprint density at radius 3 is 2.41 bits per heavy atom. The zero-order chi connectivity index (χ0) is 19.4. The molecule has 3 aromatic rings. The lowest BCUT2D eigenvalue weighted by molar-refractivity contribution is 0.101. The summed E-state index contributed by atoms with van der Waals surface area (Å²) in [5, 5.41) is 12.0. The van der Waals surface area contributed by atoms with Crippen LogP contribution in [0.2, 0.25) is 0 Å². The Kier molecular flexibility index (Phi) is 5.82. The molecule has 3 rings (SSSR count). The van der Waals surface area contributed by atoms with Crippen LogP contribution in [0.5, 0.6) is 11.5 Å². The second-order valence-corrected chi connectivity index (χ2v) is 7.69. The highest BCUT2D eigenvalue weighted by atomic mass is 32.1. The van der Waals surface area contributed by atoms with Crippen molar-refractivity contribution >= 4 is 39.5 Å². The van der Waals surface area contributed by atoms with Gasteiger partial charge in [0.25, 0.3) is 5.91 Å². The molecule has 0 radical (unpaired) electrons. The lowest BCUT2D eigenvalue weighted by atomic mass is 10.1. The summed E-state index contributed by atoms with van der Waals surface area (Å²) < 4.78 is 10.5. The first-order chi connectivity index (χ1) is 13.0. The average molecular weight is 403 g/mol. The van der Waals surface area contributed by atoms with Crippen molar-refractivity contribution in [2.75, 3.05) is 19.5 Å². The van der Waals surface area contributed by atoms with Crippen LogP contribution in [0.4, 0.5) is 5.13 Å². The summed E-state index contributed by atoms with van der Waals surface area (Å²) in [6.07, 6.45) is 0.557. The second-order valence-electron chi connectivity index (χ2n) is 5.54. The third-order valence-corrected chi connectivity index (χ3v) is 5.69. The number of amides is 1. The number of benzene rings is 1. The Hall–Kier alpha value is -2.78. The van der Waals surface area contributed by atoms with Crippen molar-refractivity contribution in [2.24, 2.45) is 0 Å². The van der Waals surface area contributed by atoms with Gasteiger partial charge in [0.15, 0.2) is 17.3 Å². The van der Waals surface area contributed by atoms with Crippen LogP contribution in [0.15, 0.2) is 30.3 Å². The van der Waals surface area contributed by atoms with E-state index >= 15 is 0 Å². The van der Waals surface area contributed by atoms with Gasteiger partial charge in [-0.05, 0) is 36.8 Å². The van der Waals surface area contributed by atoms with Crippen molar-refractivity contribution in [3.8, 4) is 11.5 Å². The van der Waals surface area contributed by atoms with Crippen molar-refractivity contribution in [3.63, 3.8) is 0 Å². The molecule has 1 N–H and O–H groups in total. The third-order valence-electron chi connectivity index (χ3n) is 3.67. The summed E-state index contributed by atoms with van der Waals surface area (Å²) in [6.45, 7) is 1.47. The summed E-state index contributed by atoms with van der Waals surface area (Å²) in [7, 11) is 3.17. The number of carbonyl (C=O) groups excluding carboxylic acids is 2. The fraction of sp³-hybridized carbons (Fsp3) is 0.222. The van der Waals surface area contributed by atoms with E-state index in [9.17, 15) is 9.59 Å². The quantitative estimate of drug-likeness (QED) is 0.606. The summed E-state index contributed by atoms with van der Waals surface area (Å²) in [5.41, 5.74) is 0.992.